The van der Waals surface area contributed by atoms with Gasteiger partial charge in [-0.2, -0.15) is 0 Å². The second-order valence-electron chi connectivity index (χ2n) is 5.54. The van der Waals surface area contributed by atoms with E-state index < -0.39 is 5.91 Å². The van der Waals surface area contributed by atoms with E-state index in [1.165, 1.54) is 12.1 Å². The number of aliphatic hydroxyl groups is 1. The lowest BCUT2D eigenvalue weighted by Crippen LogP contribution is -2.35. The molecule has 1 amide bonds. The fourth-order valence-electron chi connectivity index (χ4n) is 2.87. The minimum atomic E-state index is -0.423. The Balaban J connectivity index is 2.06. The van der Waals surface area contributed by atoms with E-state index in [4.69, 9.17) is 10.9 Å². The Morgan fingerprint density at radius 3 is 3.05 bits per heavy atom. The number of carbonyl (C=O) groups is 1. The number of piperidine rings is 1. The first kappa shape index (κ1) is 15.9. The first-order valence-electron chi connectivity index (χ1n) is 7.26. The summed E-state index contributed by atoms with van der Waals surface area (Å²) in [6, 6.07) is 4.27. The van der Waals surface area contributed by atoms with Crippen LogP contribution in [0, 0.1) is 11.7 Å². The molecule has 1 aliphatic heterocycles. The van der Waals surface area contributed by atoms with Crippen LogP contribution in [-0.2, 0) is 6.54 Å². The largest absolute Gasteiger partial charge is 0.396 e. The molecule has 1 fully saturated rings. The SMILES string of the molecule is NNC(=O)c1ccc(F)c(CN2CCCC(CCO)C2)c1. The van der Waals surface area contributed by atoms with Gasteiger partial charge in [0.15, 0.2) is 0 Å². The normalized spacial score (nSPS) is 19.5. The Bertz CT molecular complexity index is 494. The van der Waals surface area contributed by atoms with Crippen molar-refractivity contribution in [3.05, 3.63) is 35.1 Å². The number of hydrazine groups is 1. The van der Waals surface area contributed by atoms with Crippen molar-refractivity contribution in [1.29, 1.82) is 0 Å². The monoisotopic (exact) mass is 295 g/mol. The third-order valence-corrected chi connectivity index (χ3v) is 3.97. The van der Waals surface area contributed by atoms with E-state index in [-0.39, 0.29) is 12.4 Å². The fraction of sp³-hybridized carbons (Fsp3) is 0.533. The number of hydrogen-bond acceptors (Lipinski definition) is 4. The molecule has 4 N–H and O–H groups in total. The molecule has 116 valence electrons. The summed E-state index contributed by atoms with van der Waals surface area (Å²) in [5.41, 5.74) is 2.91. The molecule has 5 nitrogen and oxygen atoms in total. The molecule has 1 atom stereocenters. The lowest BCUT2D eigenvalue weighted by Gasteiger charge is -2.32. The maximum absolute atomic E-state index is 13.9. The van der Waals surface area contributed by atoms with Crippen molar-refractivity contribution >= 4 is 5.91 Å². The second kappa shape index (κ2) is 7.49. The van der Waals surface area contributed by atoms with E-state index in [0.717, 1.165) is 32.4 Å². The van der Waals surface area contributed by atoms with Crippen molar-refractivity contribution in [2.24, 2.45) is 11.8 Å². The average molecular weight is 295 g/mol. The first-order chi connectivity index (χ1) is 10.1. The predicted molar refractivity (Wildman–Crippen MR) is 77.8 cm³/mol. The molecule has 1 aliphatic rings. The molecule has 0 aromatic heterocycles. The van der Waals surface area contributed by atoms with E-state index >= 15 is 0 Å². The van der Waals surface area contributed by atoms with Crippen LogP contribution in [0.1, 0.15) is 35.2 Å². The summed E-state index contributed by atoms with van der Waals surface area (Å²) in [6.07, 6.45) is 2.94. The Hall–Kier alpha value is -1.50. The van der Waals surface area contributed by atoms with Crippen LogP contribution in [0.5, 0.6) is 0 Å². The molecule has 0 bridgehead atoms. The number of amides is 1. The number of hydrogen-bond donors (Lipinski definition) is 3. The smallest absolute Gasteiger partial charge is 0.265 e. The predicted octanol–water partition coefficient (Wildman–Crippen LogP) is 1.02. The van der Waals surface area contributed by atoms with Gasteiger partial charge in [0, 0.05) is 30.8 Å². The van der Waals surface area contributed by atoms with Gasteiger partial charge in [-0.05, 0) is 49.9 Å². The number of nitrogens with zero attached hydrogens (tertiary/aromatic N) is 1. The van der Waals surface area contributed by atoms with Gasteiger partial charge in [-0.15, -0.1) is 0 Å². The lowest BCUT2D eigenvalue weighted by molar-refractivity contribution is 0.0953. The first-order valence-corrected chi connectivity index (χ1v) is 7.26. The number of likely N-dealkylation sites (tertiary alicyclic amines) is 1. The molecule has 1 aromatic rings. The van der Waals surface area contributed by atoms with Gasteiger partial charge in [0.1, 0.15) is 5.82 Å². The van der Waals surface area contributed by atoms with Crippen molar-refractivity contribution in [1.82, 2.24) is 10.3 Å². The molecule has 1 aromatic carbocycles. The number of nitrogens with one attached hydrogen (secondary N) is 1. The van der Waals surface area contributed by atoms with Crippen LogP contribution in [0.2, 0.25) is 0 Å². The molecule has 1 unspecified atom stereocenters. The van der Waals surface area contributed by atoms with Gasteiger partial charge in [0.05, 0.1) is 0 Å². The number of rotatable bonds is 5. The van der Waals surface area contributed by atoms with Gasteiger partial charge in [0.25, 0.3) is 5.91 Å². The topological polar surface area (TPSA) is 78.6 Å². The van der Waals surface area contributed by atoms with Crippen molar-refractivity contribution < 1.29 is 14.3 Å². The highest BCUT2D eigenvalue weighted by atomic mass is 19.1. The van der Waals surface area contributed by atoms with Crippen LogP contribution in [0.25, 0.3) is 0 Å². The molecule has 6 heteroatoms. The third kappa shape index (κ3) is 4.23. The summed E-state index contributed by atoms with van der Waals surface area (Å²) in [5.74, 6) is 4.83. The summed E-state index contributed by atoms with van der Waals surface area (Å²) in [6.45, 7) is 2.43. The molecule has 0 radical (unpaired) electrons. The van der Waals surface area contributed by atoms with Crippen LogP contribution in [0.4, 0.5) is 4.39 Å². The van der Waals surface area contributed by atoms with Crippen LogP contribution in [-0.4, -0.2) is 35.6 Å². The average Bonchev–Trinajstić information content (AvgIpc) is 2.49. The van der Waals surface area contributed by atoms with Crippen molar-refractivity contribution in [2.75, 3.05) is 19.7 Å². The zero-order chi connectivity index (χ0) is 15.2. The summed E-state index contributed by atoms with van der Waals surface area (Å²) >= 11 is 0. The lowest BCUT2D eigenvalue weighted by atomic mass is 9.94. The van der Waals surface area contributed by atoms with Gasteiger partial charge in [-0.1, -0.05) is 0 Å². The number of carbonyl (C=O) groups excluding carboxylic acids is 1. The number of aliphatic hydroxyl groups excluding tert-OH is 1. The molecule has 1 saturated heterocycles. The minimum absolute atomic E-state index is 0.193. The van der Waals surface area contributed by atoms with E-state index in [0.29, 0.717) is 23.6 Å². The van der Waals surface area contributed by atoms with Gasteiger partial charge in [-0.25, -0.2) is 10.2 Å². The molecular weight excluding hydrogens is 273 g/mol. The van der Waals surface area contributed by atoms with Crippen LogP contribution in [0.15, 0.2) is 18.2 Å². The Labute approximate surface area is 123 Å². The molecule has 2 rings (SSSR count). The zero-order valence-electron chi connectivity index (χ0n) is 12.0. The molecule has 0 aliphatic carbocycles. The summed E-state index contributed by atoms with van der Waals surface area (Å²) in [5, 5.41) is 9.03. The summed E-state index contributed by atoms with van der Waals surface area (Å²) < 4.78 is 13.9. The summed E-state index contributed by atoms with van der Waals surface area (Å²) in [7, 11) is 0. The van der Waals surface area contributed by atoms with Crippen molar-refractivity contribution in [2.45, 2.75) is 25.8 Å². The molecule has 21 heavy (non-hydrogen) atoms. The van der Waals surface area contributed by atoms with Gasteiger partial charge in [-0.3, -0.25) is 15.1 Å². The van der Waals surface area contributed by atoms with E-state index in [1.807, 2.05) is 0 Å². The van der Waals surface area contributed by atoms with Gasteiger partial charge in [0.2, 0.25) is 0 Å². The third-order valence-electron chi connectivity index (χ3n) is 3.97. The van der Waals surface area contributed by atoms with Gasteiger partial charge < -0.3 is 5.11 Å². The molecule has 1 heterocycles. The molecule has 0 saturated carbocycles. The Morgan fingerprint density at radius 1 is 1.52 bits per heavy atom. The van der Waals surface area contributed by atoms with Crippen molar-refractivity contribution in [3.63, 3.8) is 0 Å². The highest BCUT2D eigenvalue weighted by molar-refractivity contribution is 5.93. The Morgan fingerprint density at radius 2 is 2.33 bits per heavy atom. The van der Waals surface area contributed by atoms with Crippen LogP contribution >= 0.6 is 0 Å². The molecule has 0 spiro atoms. The molecular formula is C15H22FN3O2. The van der Waals surface area contributed by atoms with E-state index in [2.05, 4.69) is 10.3 Å². The van der Waals surface area contributed by atoms with Gasteiger partial charge >= 0.3 is 0 Å². The number of nitrogen functional groups attached to an aromatic ring is 1. The van der Waals surface area contributed by atoms with E-state index in [1.54, 1.807) is 6.07 Å². The highest BCUT2D eigenvalue weighted by Gasteiger charge is 2.20. The minimum Gasteiger partial charge on any atom is -0.396 e. The number of nitrogens with two attached hydrogens (primary N) is 1. The zero-order valence-corrected chi connectivity index (χ0v) is 12.0. The quantitative estimate of drug-likeness (QED) is 0.430. The fourth-order valence-corrected chi connectivity index (χ4v) is 2.87. The van der Waals surface area contributed by atoms with Crippen LogP contribution in [0.3, 0.4) is 0 Å². The maximum Gasteiger partial charge on any atom is 0.265 e. The standard InChI is InChI=1S/C15H22FN3O2/c16-14-4-3-12(15(21)18-17)8-13(14)10-19-6-1-2-11(9-19)5-7-20/h3-4,8,11,20H,1-2,5-7,9-10,17H2,(H,18,21). The maximum atomic E-state index is 13.9. The van der Waals surface area contributed by atoms with Crippen LogP contribution < -0.4 is 11.3 Å². The summed E-state index contributed by atoms with van der Waals surface area (Å²) in [4.78, 5) is 13.7. The van der Waals surface area contributed by atoms with Crippen molar-refractivity contribution in [3.8, 4) is 0 Å². The number of halogens is 1. The second-order valence-corrected chi connectivity index (χ2v) is 5.54. The number of benzene rings is 1. The van der Waals surface area contributed by atoms with E-state index in [9.17, 15) is 9.18 Å². The highest BCUT2D eigenvalue weighted by Crippen LogP contribution is 2.22. The Kier molecular flexibility index (Phi) is 5.67.